The Morgan fingerprint density at radius 3 is 1.18 bits per heavy atom. The Balaban J connectivity index is 4.85. The van der Waals surface area contributed by atoms with Gasteiger partial charge in [0.2, 0.25) is 0 Å². The molecular formula is C60H101O11P. The number of aliphatic hydroxyl groups is 1. The smallest absolute Gasteiger partial charge is 0.461 e. The van der Waals surface area contributed by atoms with Crippen LogP contribution in [0.15, 0.2) is 97.2 Å². The van der Waals surface area contributed by atoms with Gasteiger partial charge in [-0.1, -0.05) is 227 Å². The largest absolute Gasteiger partial charge is 0.472 e. The molecule has 2 N–H and O–H groups in total. The highest BCUT2D eigenvalue weighted by Gasteiger charge is 2.28. The molecule has 0 bridgehead atoms. The molecule has 72 heavy (non-hydrogen) atoms. The highest BCUT2D eigenvalue weighted by molar-refractivity contribution is 7.47. The highest BCUT2D eigenvalue weighted by Crippen LogP contribution is 2.43. The zero-order valence-electron chi connectivity index (χ0n) is 45.4. The van der Waals surface area contributed by atoms with Crippen molar-refractivity contribution in [2.24, 2.45) is 0 Å². The van der Waals surface area contributed by atoms with Crippen LogP contribution in [-0.2, 0) is 42.2 Å². The van der Waals surface area contributed by atoms with Crippen molar-refractivity contribution in [2.75, 3.05) is 26.4 Å². The van der Waals surface area contributed by atoms with Crippen LogP contribution in [-0.4, -0.2) is 66.5 Å². The van der Waals surface area contributed by atoms with E-state index in [0.29, 0.717) is 19.3 Å². The standard InChI is InChI=1S/C60H101O11P/c1-4-7-10-13-16-19-22-25-27-28-30-33-36-39-42-45-48-51-60(64)71-57(53-67-58(62)49-46-43-40-37-34-32-29-26-23-20-17-14-11-8-5-2)55-69-72(65,66)68-54-56(52-61)70-59(63)50-47-44-41-38-35-31-24-21-18-15-12-9-6-3/h7-8,10-11,16-17,19-20,25-27,29,34,37,43,46,56-57,61H,4-6,9,12-15,18,21-24,28,30-33,35-36,38-42,44-45,47-55H2,1-3H3,(H,65,66)/b10-7-,11-8-,19-16-,20-17-,27-25-,29-26-,37-34-,46-43-. The Morgan fingerprint density at radius 1 is 0.417 bits per heavy atom. The summed E-state index contributed by atoms with van der Waals surface area (Å²) < 4.78 is 39.3. The third-order valence-electron chi connectivity index (χ3n) is 11.5. The highest BCUT2D eigenvalue weighted by atomic mass is 31.2. The first-order chi connectivity index (χ1) is 35.2. The number of esters is 3. The van der Waals surface area contributed by atoms with Crippen molar-refractivity contribution in [1.82, 2.24) is 0 Å². The van der Waals surface area contributed by atoms with E-state index in [1.807, 2.05) is 12.2 Å². The Kier molecular flexibility index (Phi) is 51.0. The summed E-state index contributed by atoms with van der Waals surface area (Å²) in [5, 5.41) is 9.80. The van der Waals surface area contributed by atoms with E-state index in [1.165, 1.54) is 57.8 Å². The predicted octanol–water partition coefficient (Wildman–Crippen LogP) is 16.5. The number of unbranched alkanes of at least 4 members (excludes halogenated alkanes) is 19. The van der Waals surface area contributed by atoms with E-state index < -0.39 is 64.4 Å². The molecule has 3 unspecified atom stereocenters. The van der Waals surface area contributed by atoms with Gasteiger partial charge in [-0.15, -0.1) is 0 Å². The third kappa shape index (κ3) is 51.3. The minimum absolute atomic E-state index is 0.0109. The minimum Gasteiger partial charge on any atom is -0.461 e. The summed E-state index contributed by atoms with van der Waals surface area (Å²) in [6.07, 6.45) is 62.5. The first-order valence-electron chi connectivity index (χ1n) is 28.1. The maximum atomic E-state index is 12.9. The van der Waals surface area contributed by atoms with Crippen molar-refractivity contribution < 1.29 is 52.2 Å². The maximum Gasteiger partial charge on any atom is 0.472 e. The summed E-state index contributed by atoms with van der Waals surface area (Å²) in [5.41, 5.74) is 0. The second-order valence-electron chi connectivity index (χ2n) is 18.4. The number of rotatable bonds is 51. The number of hydrogen-bond acceptors (Lipinski definition) is 10. The Morgan fingerprint density at radius 2 is 0.764 bits per heavy atom. The molecule has 0 fully saturated rings. The summed E-state index contributed by atoms with van der Waals surface area (Å²) in [5.74, 6) is -1.63. The van der Waals surface area contributed by atoms with E-state index in [1.54, 1.807) is 6.08 Å². The molecule has 0 aliphatic rings. The van der Waals surface area contributed by atoms with E-state index >= 15 is 0 Å². The van der Waals surface area contributed by atoms with Crippen LogP contribution in [0.4, 0.5) is 0 Å². The number of allylic oxidation sites excluding steroid dienone is 15. The lowest BCUT2D eigenvalue weighted by molar-refractivity contribution is -0.161. The predicted molar refractivity (Wildman–Crippen MR) is 297 cm³/mol. The molecule has 0 rings (SSSR count). The molecule has 0 aromatic carbocycles. The van der Waals surface area contributed by atoms with Crippen LogP contribution in [0.2, 0.25) is 0 Å². The van der Waals surface area contributed by atoms with Gasteiger partial charge in [0.15, 0.2) is 6.10 Å². The third-order valence-corrected chi connectivity index (χ3v) is 12.5. The fourth-order valence-electron chi connectivity index (χ4n) is 7.33. The fraction of sp³-hybridized carbons (Fsp3) is 0.683. The van der Waals surface area contributed by atoms with Crippen LogP contribution in [0, 0.1) is 0 Å². The van der Waals surface area contributed by atoms with Gasteiger partial charge in [-0.2, -0.15) is 0 Å². The topological polar surface area (TPSA) is 155 Å². The number of phosphoric ester groups is 1. The van der Waals surface area contributed by atoms with Crippen molar-refractivity contribution in [1.29, 1.82) is 0 Å². The molecule has 0 radical (unpaired) electrons. The lowest BCUT2D eigenvalue weighted by Crippen LogP contribution is -2.30. The normalized spacial score (nSPS) is 14.1. The molecule has 0 amide bonds. The van der Waals surface area contributed by atoms with Crippen molar-refractivity contribution in [3.05, 3.63) is 97.2 Å². The molecule has 0 aromatic heterocycles. The molecule has 0 heterocycles. The van der Waals surface area contributed by atoms with E-state index in [-0.39, 0.29) is 19.3 Å². The fourth-order valence-corrected chi connectivity index (χ4v) is 8.11. The second kappa shape index (κ2) is 53.7. The quantitative estimate of drug-likeness (QED) is 0.0197. The number of carbonyl (C=O) groups is 3. The van der Waals surface area contributed by atoms with Crippen LogP contribution >= 0.6 is 7.82 Å². The van der Waals surface area contributed by atoms with Crippen molar-refractivity contribution in [3.8, 4) is 0 Å². The molecule has 12 heteroatoms. The van der Waals surface area contributed by atoms with Crippen LogP contribution in [0.5, 0.6) is 0 Å². The van der Waals surface area contributed by atoms with E-state index in [4.69, 9.17) is 23.3 Å². The zero-order chi connectivity index (χ0) is 52.7. The molecule has 0 aliphatic heterocycles. The van der Waals surface area contributed by atoms with Crippen LogP contribution < -0.4 is 0 Å². The molecule has 11 nitrogen and oxygen atoms in total. The number of hydrogen-bond donors (Lipinski definition) is 2. The van der Waals surface area contributed by atoms with Crippen molar-refractivity contribution in [3.63, 3.8) is 0 Å². The molecule has 3 atom stereocenters. The van der Waals surface area contributed by atoms with E-state index in [9.17, 15) is 28.9 Å². The lowest BCUT2D eigenvalue weighted by atomic mass is 10.0. The summed E-state index contributed by atoms with van der Waals surface area (Å²) in [6.45, 7) is 4.29. The molecule has 0 aliphatic carbocycles. The average molecular weight is 1030 g/mol. The van der Waals surface area contributed by atoms with Gasteiger partial charge in [-0.05, 0) is 77.0 Å². The lowest BCUT2D eigenvalue weighted by Gasteiger charge is -2.21. The minimum atomic E-state index is -4.77. The van der Waals surface area contributed by atoms with Gasteiger partial charge in [-0.3, -0.25) is 23.4 Å². The van der Waals surface area contributed by atoms with Gasteiger partial charge in [0.25, 0.3) is 0 Å². The van der Waals surface area contributed by atoms with Gasteiger partial charge in [0.1, 0.15) is 12.7 Å². The van der Waals surface area contributed by atoms with Gasteiger partial charge < -0.3 is 24.2 Å². The van der Waals surface area contributed by atoms with Crippen LogP contribution in [0.25, 0.3) is 0 Å². The second-order valence-corrected chi connectivity index (χ2v) is 19.8. The first-order valence-corrected chi connectivity index (χ1v) is 29.6. The monoisotopic (exact) mass is 1030 g/mol. The van der Waals surface area contributed by atoms with Crippen LogP contribution in [0.1, 0.15) is 226 Å². The molecule has 0 aromatic rings. The molecule has 0 spiro atoms. The number of aliphatic hydroxyl groups excluding tert-OH is 1. The Labute approximate surface area is 438 Å². The summed E-state index contributed by atoms with van der Waals surface area (Å²) in [4.78, 5) is 48.4. The summed E-state index contributed by atoms with van der Waals surface area (Å²) in [7, 11) is -4.77. The zero-order valence-corrected chi connectivity index (χ0v) is 46.3. The number of carbonyl (C=O) groups excluding carboxylic acids is 3. The van der Waals surface area contributed by atoms with E-state index in [0.717, 1.165) is 109 Å². The summed E-state index contributed by atoms with van der Waals surface area (Å²) >= 11 is 0. The van der Waals surface area contributed by atoms with Crippen LogP contribution in [0.3, 0.4) is 0 Å². The number of ether oxygens (including phenoxy) is 3. The molecule has 412 valence electrons. The maximum absolute atomic E-state index is 12.9. The van der Waals surface area contributed by atoms with Gasteiger partial charge >= 0.3 is 25.7 Å². The number of phosphoric acid groups is 1. The first kappa shape index (κ1) is 68.4. The Bertz CT molecular complexity index is 1580. The Hall–Kier alpha value is -3.60. The van der Waals surface area contributed by atoms with Gasteiger partial charge in [-0.25, -0.2) is 4.57 Å². The molecule has 0 saturated carbocycles. The average Bonchev–Trinajstić information content (AvgIpc) is 3.37. The SMILES string of the molecule is CC/C=C\C/C=C\C/C=C\C/C=C\C/C=C\CC(=O)OCC(COP(=O)(O)OCC(CO)OC(=O)CCCCCCCCCCCCCCC)OC(=O)CCCCCCCCC/C=C\C/C=C\C/C=C\CC. The summed E-state index contributed by atoms with van der Waals surface area (Å²) in [6, 6.07) is 0. The molecule has 0 saturated heterocycles. The van der Waals surface area contributed by atoms with Gasteiger partial charge in [0.05, 0.1) is 26.2 Å². The molecular weight excluding hydrogens is 928 g/mol. The van der Waals surface area contributed by atoms with Gasteiger partial charge in [0, 0.05) is 12.8 Å². The van der Waals surface area contributed by atoms with Crippen molar-refractivity contribution in [2.45, 2.75) is 238 Å². The van der Waals surface area contributed by atoms with E-state index in [2.05, 4.69) is 99.8 Å². The van der Waals surface area contributed by atoms with Crippen molar-refractivity contribution >= 4 is 25.7 Å².